The van der Waals surface area contributed by atoms with Gasteiger partial charge in [-0.2, -0.15) is 0 Å². The van der Waals surface area contributed by atoms with Gasteiger partial charge in [0, 0.05) is 17.1 Å². The summed E-state index contributed by atoms with van der Waals surface area (Å²) in [5, 5.41) is 6.51. The monoisotopic (exact) mass is 272 g/mol. The third-order valence-corrected chi connectivity index (χ3v) is 3.08. The van der Waals surface area contributed by atoms with Crippen LogP contribution in [0.1, 0.15) is 12.8 Å². The van der Waals surface area contributed by atoms with E-state index in [4.69, 9.17) is 0 Å². The van der Waals surface area contributed by atoms with Crippen LogP contribution >= 0.6 is 15.9 Å². The third-order valence-electron chi connectivity index (χ3n) is 2.59. The first kappa shape index (κ1) is 10.9. The fraction of sp³-hybridized carbons (Fsp3) is 0.455. The van der Waals surface area contributed by atoms with Crippen LogP contribution in [-0.4, -0.2) is 19.1 Å². The first-order valence-electron chi connectivity index (χ1n) is 5.18. The normalized spacial score (nSPS) is 21.3. The smallest absolute Gasteiger partial charge is 0.147 e. The molecule has 1 fully saturated rings. The maximum absolute atomic E-state index is 13.5. The van der Waals surface area contributed by atoms with Gasteiger partial charge >= 0.3 is 0 Å². The molecule has 0 bridgehead atoms. The van der Waals surface area contributed by atoms with Gasteiger partial charge in [0.1, 0.15) is 5.82 Å². The molecular weight excluding hydrogens is 259 g/mol. The summed E-state index contributed by atoms with van der Waals surface area (Å²) >= 11 is 3.24. The maximum atomic E-state index is 13.5. The molecule has 0 amide bonds. The van der Waals surface area contributed by atoms with Gasteiger partial charge in [0.25, 0.3) is 0 Å². The summed E-state index contributed by atoms with van der Waals surface area (Å²) in [7, 11) is 0. The summed E-state index contributed by atoms with van der Waals surface area (Å²) < 4.78 is 14.3. The number of rotatable bonds is 2. The van der Waals surface area contributed by atoms with E-state index in [1.54, 1.807) is 6.07 Å². The zero-order valence-corrected chi connectivity index (χ0v) is 9.98. The van der Waals surface area contributed by atoms with Crippen LogP contribution in [0.2, 0.25) is 0 Å². The third kappa shape index (κ3) is 2.92. The number of hydrogen-bond donors (Lipinski definition) is 2. The highest BCUT2D eigenvalue weighted by Gasteiger charge is 2.13. The predicted molar refractivity (Wildman–Crippen MR) is 63.6 cm³/mol. The van der Waals surface area contributed by atoms with Crippen LogP contribution in [0.4, 0.5) is 10.1 Å². The summed E-state index contributed by atoms with van der Waals surface area (Å²) in [6, 6.07) is 5.45. The van der Waals surface area contributed by atoms with Crippen LogP contribution in [0.5, 0.6) is 0 Å². The fourth-order valence-corrected chi connectivity index (χ4v) is 2.13. The lowest BCUT2D eigenvalue weighted by atomic mass is 10.1. The number of anilines is 1. The number of nitrogens with one attached hydrogen (secondary N) is 2. The quantitative estimate of drug-likeness (QED) is 0.865. The van der Waals surface area contributed by atoms with Crippen LogP contribution in [0, 0.1) is 5.82 Å². The van der Waals surface area contributed by atoms with Crippen LogP contribution < -0.4 is 10.6 Å². The Morgan fingerprint density at radius 3 is 3.00 bits per heavy atom. The maximum Gasteiger partial charge on any atom is 0.147 e. The number of hydrogen-bond acceptors (Lipinski definition) is 2. The molecule has 1 atom stereocenters. The van der Waals surface area contributed by atoms with Crippen molar-refractivity contribution in [3.63, 3.8) is 0 Å². The van der Waals surface area contributed by atoms with Crippen molar-refractivity contribution >= 4 is 21.6 Å². The van der Waals surface area contributed by atoms with Crippen molar-refractivity contribution in [3.8, 4) is 0 Å². The Hall–Kier alpha value is -0.610. The van der Waals surface area contributed by atoms with Gasteiger partial charge in [-0.15, -0.1) is 0 Å². The summed E-state index contributed by atoms with van der Waals surface area (Å²) in [6.07, 6.45) is 2.25. The first-order valence-corrected chi connectivity index (χ1v) is 5.97. The van der Waals surface area contributed by atoms with Gasteiger partial charge in [-0.05, 0) is 37.6 Å². The molecule has 2 rings (SSSR count). The Kier molecular flexibility index (Phi) is 3.59. The molecular formula is C11H14BrFN2. The molecule has 1 aliphatic heterocycles. The van der Waals surface area contributed by atoms with E-state index in [0.29, 0.717) is 11.7 Å². The number of benzene rings is 1. The second-order valence-corrected chi connectivity index (χ2v) is 4.73. The van der Waals surface area contributed by atoms with E-state index in [0.717, 1.165) is 30.4 Å². The molecule has 82 valence electrons. The Bertz CT molecular complexity index is 337. The van der Waals surface area contributed by atoms with Crippen LogP contribution in [0.25, 0.3) is 0 Å². The largest absolute Gasteiger partial charge is 0.379 e. The zero-order valence-electron chi connectivity index (χ0n) is 8.39. The summed E-state index contributed by atoms with van der Waals surface area (Å²) in [4.78, 5) is 0. The van der Waals surface area contributed by atoms with E-state index in [1.165, 1.54) is 6.07 Å². The molecule has 0 spiro atoms. The van der Waals surface area contributed by atoms with Crippen LogP contribution in [0.15, 0.2) is 22.7 Å². The Morgan fingerprint density at radius 1 is 1.47 bits per heavy atom. The lowest BCUT2D eigenvalue weighted by Gasteiger charge is -2.25. The number of piperidine rings is 1. The molecule has 1 unspecified atom stereocenters. The van der Waals surface area contributed by atoms with Gasteiger partial charge < -0.3 is 10.6 Å². The van der Waals surface area contributed by atoms with Crippen LogP contribution in [-0.2, 0) is 0 Å². The molecule has 1 saturated heterocycles. The van der Waals surface area contributed by atoms with Gasteiger partial charge in [0.2, 0.25) is 0 Å². The van der Waals surface area contributed by atoms with Crippen molar-refractivity contribution in [3.05, 3.63) is 28.5 Å². The van der Waals surface area contributed by atoms with Crippen LogP contribution in [0.3, 0.4) is 0 Å². The molecule has 2 nitrogen and oxygen atoms in total. The molecule has 2 N–H and O–H groups in total. The Labute approximate surface area is 97.4 Å². The minimum Gasteiger partial charge on any atom is -0.379 e. The van der Waals surface area contributed by atoms with Gasteiger partial charge in [0.05, 0.1) is 5.69 Å². The van der Waals surface area contributed by atoms with Crippen molar-refractivity contribution in [2.45, 2.75) is 18.9 Å². The molecule has 0 aliphatic carbocycles. The van der Waals surface area contributed by atoms with E-state index >= 15 is 0 Å². The van der Waals surface area contributed by atoms with Crippen molar-refractivity contribution in [1.29, 1.82) is 0 Å². The molecule has 0 saturated carbocycles. The molecule has 0 aromatic heterocycles. The standard InChI is InChI=1S/C11H14BrFN2/c12-8-3-4-11(10(13)6-8)15-9-2-1-5-14-7-9/h3-4,6,9,14-15H,1-2,5,7H2. The fourth-order valence-electron chi connectivity index (χ4n) is 1.80. The van der Waals surface area contributed by atoms with E-state index in [2.05, 4.69) is 26.6 Å². The SMILES string of the molecule is Fc1cc(Br)ccc1NC1CCCNC1. The highest BCUT2D eigenvalue weighted by molar-refractivity contribution is 9.10. The summed E-state index contributed by atoms with van der Waals surface area (Å²) in [5.74, 6) is -0.199. The summed E-state index contributed by atoms with van der Waals surface area (Å²) in [6.45, 7) is 1.98. The molecule has 1 heterocycles. The Morgan fingerprint density at radius 2 is 2.33 bits per heavy atom. The molecule has 0 radical (unpaired) electrons. The topological polar surface area (TPSA) is 24.1 Å². The van der Waals surface area contributed by atoms with Gasteiger partial charge in [0.15, 0.2) is 0 Å². The minimum absolute atomic E-state index is 0.199. The molecule has 4 heteroatoms. The lowest BCUT2D eigenvalue weighted by molar-refractivity contribution is 0.477. The highest BCUT2D eigenvalue weighted by Crippen LogP contribution is 2.21. The Balaban J connectivity index is 2.03. The van der Waals surface area contributed by atoms with E-state index in [1.807, 2.05) is 6.07 Å². The van der Waals surface area contributed by atoms with E-state index in [9.17, 15) is 4.39 Å². The van der Waals surface area contributed by atoms with E-state index < -0.39 is 0 Å². The average Bonchev–Trinajstić information content (AvgIpc) is 2.24. The second-order valence-electron chi connectivity index (χ2n) is 3.81. The summed E-state index contributed by atoms with van der Waals surface area (Å²) in [5.41, 5.74) is 0.590. The zero-order chi connectivity index (χ0) is 10.7. The number of halogens is 2. The average molecular weight is 273 g/mol. The molecule has 15 heavy (non-hydrogen) atoms. The van der Waals surface area contributed by atoms with Gasteiger partial charge in [-0.1, -0.05) is 15.9 Å². The first-order chi connectivity index (χ1) is 7.25. The van der Waals surface area contributed by atoms with Gasteiger partial charge in [-0.25, -0.2) is 4.39 Å². The molecule has 1 aromatic rings. The predicted octanol–water partition coefficient (Wildman–Crippen LogP) is 2.75. The van der Waals surface area contributed by atoms with Crippen molar-refractivity contribution in [1.82, 2.24) is 5.32 Å². The highest BCUT2D eigenvalue weighted by atomic mass is 79.9. The van der Waals surface area contributed by atoms with Crippen molar-refractivity contribution in [2.24, 2.45) is 0 Å². The minimum atomic E-state index is -0.199. The second kappa shape index (κ2) is 4.94. The van der Waals surface area contributed by atoms with E-state index in [-0.39, 0.29) is 5.82 Å². The van der Waals surface area contributed by atoms with Crippen molar-refractivity contribution in [2.75, 3.05) is 18.4 Å². The molecule has 1 aliphatic rings. The van der Waals surface area contributed by atoms with Crippen molar-refractivity contribution < 1.29 is 4.39 Å². The lowest BCUT2D eigenvalue weighted by Crippen LogP contribution is -2.38. The van der Waals surface area contributed by atoms with Gasteiger partial charge in [-0.3, -0.25) is 0 Å². The molecule has 1 aromatic carbocycles.